The molecule has 0 aromatic carbocycles. The van der Waals surface area contributed by atoms with Crippen molar-refractivity contribution in [3.63, 3.8) is 0 Å². The van der Waals surface area contributed by atoms with Crippen molar-refractivity contribution in [1.82, 2.24) is 15.3 Å². The van der Waals surface area contributed by atoms with Gasteiger partial charge in [-0.3, -0.25) is 0 Å². The number of nitrogens with one attached hydrogen (secondary N) is 1. The summed E-state index contributed by atoms with van der Waals surface area (Å²) in [6.45, 7) is 7.76. The van der Waals surface area contributed by atoms with Crippen LogP contribution in [0.2, 0.25) is 0 Å². The predicted octanol–water partition coefficient (Wildman–Crippen LogP) is 2.69. The van der Waals surface area contributed by atoms with Gasteiger partial charge in [-0.15, -0.1) is 11.3 Å². The number of hydrogen-bond donors (Lipinski definition) is 1. The molecule has 4 nitrogen and oxygen atoms in total. The highest BCUT2D eigenvalue weighted by molar-refractivity contribution is 7.18. The third kappa shape index (κ3) is 2.40. The third-order valence-corrected chi connectivity index (χ3v) is 5.36. The Kier molecular flexibility index (Phi) is 3.65. The number of rotatable bonds is 4. The summed E-state index contributed by atoms with van der Waals surface area (Å²) in [6.07, 6.45) is 3.99. The van der Waals surface area contributed by atoms with E-state index in [1.165, 1.54) is 16.7 Å². The zero-order chi connectivity index (χ0) is 14.2. The molecular weight excluding hydrogens is 268 g/mol. The van der Waals surface area contributed by atoms with E-state index >= 15 is 0 Å². The molecule has 2 aromatic rings. The molecule has 0 radical (unpaired) electrons. The molecule has 1 atom stereocenters. The minimum Gasteiger partial charge on any atom is -0.355 e. The van der Waals surface area contributed by atoms with Crippen LogP contribution in [0.3, 0.4) is 0 Å². The van der Waals surface area contributed by atoms with E-state index in [2.05, 4.69) is 40.1 Å². The summed E-state index contributed by atoms with van der Waals surface area (Å²) >= 11 is 1.79. The summed E-state index contributed by atoms with van der Waals surface area (Å²) < 4.78 is 0. The van der Waals surface area contributed by atoms with Crippen LogP contribution in [0.4, 0.5) is 5.82 Å². The molecule has 5 heteroatoms. The van der Waals surface area contributed by atoms with E-state index in [4.69, 9.17) is 0 Å². The van der Waals surface area contributed by atoms with Gasteiger partial charge < -0.3 is 10.2 Å². The Morgan fingerprint density at radius 2 is 2.30 bits per heavy atom. The molecule has 20 heavy (non-hydrogen) atoms. The summed E-state index contributed by atoms with van der Waals surface area (Å²) in [6, 6.07) is 2.27. The van der Waals surface area contributed by atoms with Crippen molar-refractivity contribution in [3.8, 4) is 0 Å². The van der Waals surface area contributed by atoms with Crippen LogP contribution < -0.4 is 10.2 Å². The third-order valence-electron chi connectivity index (χ3n) is 4.17. The van der Waals surface area contributed by atoms with Crippen molar-refractivity contribution >= 4 is 27.4 Å². The quantitative estimate of drug-likeness (QED) is 0.940. The molecule has 1 fully saturated rings. The van der Waals surface area contributed by atoms with Crippen LogP contribution in [0.15, 0.2) is 12.4 Å². The summed E-state index contributed by atoms with van der Waals surface area (Å²) in [5.41, 5.74) is 0.343. The molecule has 1 saturated heterocycles. The minimum atomic E-state index is 0.343. The summed E-state index contributed by atoms with van der Waals surface area (Å²) in [5.74, 6) is 1.12. The molecule has 0 saturated carbocycles. The van der Waals surface area contributed by atoms with Crippen molar-refractivity contribution in [2.24, 2.45) is 5.41 Å². The van der Waals surface area contributed by atoms with Gasteiger partial charge >= 0.3 is 0 Å². The normalized spacial score (nSPS) is 22.9. The van der Waals surface area contributed by atoms with Gasteiger partial charge in [0.05, 0.1) is 5.39 Å². The van der Waals surface area contributed by atoms with Gasteiger partial charge in [-0.05, 0) is 31.4 Å². The van der Waals surface area contributed by atoms with Crippen LogP contribution in [-0.2, 0) is 6.42 Å². The van der Waals surface area contributed by atoms with E-state index in [1.54, 1.807) is 17.7 Å². The molecule has 2 aromatic heterocycles. The van der Waals surface area contributed by atoms with E-state index in [-0.39, 0.29) is 0 Å². The lowest BCUT2D eigenvalue weighted by atomic mass is 9.90. The van der Waals surface area contributed by atoms with Crippen LogP contribution in [-0.4, -0.2) is 36.6 Å². The highest BCUT2D eigenvalue weighted by Gasteiger charge is 2.34. The summed E-state index contributed by atoms with van der Waals surface area (Å²) in [5, 5.41) is 4.54. The first-order chi connectivity index (χ1) is 9.65. The van der Waals surface area contributed by atoms with Crippen molar-refractivity contribution in [1.29, 1.82) is 0 Å². The Morgan fingerprint density at radius 3 is 3.05 bits per heavy atom. The van der Waals surface area contributed by atoms with Crippen LogP contribution in [0.5, 0.6) is 0 Å². The second kappa shape index (κ2) is 5.30. The molecule has 3 rings (SSSR count). The summed E-state index contributed by atoms with van der Waals surface area (Å²) in [4.78, 5) is 13.9. The number of fused-ring (bicyclic) bond motifs is 1. The SMILES string of the molecule is CCc1cc2c(N3CCC(C)(CNC)C3)ncnc2s1. The Balaban J connectivity index is 1.93. The maximum atomic E-state index is 4.56. The maximum Gasteiger partial charge on any atom is 0.140 e. The Morgan fingerprint density at radius 1 is 1.45 bits per heavy atom. The van der Waals surface area contributed by atoms with Crippen LogP contribution >= 0.6 is 11.3 Å². The predicted molar refractivity (Wildman–Crippen MR) is 85.7 cm³/mol. The maximum absolute atomic E-state index is 4.56. The second-order valence-electron chi connectivity index (χ2n) is 5.99. The van der Waals surface area contributed by atoms with Gasteiger partial charge in [0.15, 0.2) is 0 Å². The zero-order valence-corrected chi connectivity index (χ0v) is 13.3. The van der Waals surface area contributed by atoms with Gasteiger partial charge in [0.2, 0.25) is 0 Å². The lowest BCUT2D eigenvalue weighted by molar-refractivity contribution is 0.356. The fourth-order valence-corrected chi connectivity index (χ4v) is 4.02. The molecule has 0 spiro atoms. The van der Waals surface area contributed by atoms with Crippen molar-refractivity contribution in [2.75, 3.05) is 31.6 Å². The molecule has 1 unspecified atom stereocenters. The van der Waals surface area contributed by atoms with Gasteiger partial charge in [0, 0.05) is 24.5 Å². The van der Waals surface area contributed by atoms with Crippen molar-refractivity contribution < 1.29 is 0 Å². The molecule has 0 aliphatic carbocycles. The van der Waals surface area contributed by atoms with Gasteiger partial charge in [0.1, 0.15) is 17.0 Å². The number of anilines is 1. The van der Waals surface area contributed by atoms with Gasteiger partial charge in [-0.25, -0.2) is 9.97 Å². The number of hydrogen-bond acceptors (Lipinski definition) is 5. The highest BCUT2D eigenvalue weighted by Crippen LogP contribution is 2.36. The minimum absolute atomic E-state index is 0.343. The van der Waals surface area contributed by atoms with Crippen molar-refractivity contribution in [3.05, 3.63) is 17.3 Å². The molecule has 3 heterocycles. The first-order valence-corrected chi connectivity index (χ1v) is 8.10. The Labute approximate surface area is 124 Å². The van der Waals surface area contributed by atoms with Gasteiger partial charge in [-0.1, -0.05) is 13.8 Å². The smallest absolute Gasteiger partial charge is 0.140 e. The fraction of sp³-hybridized carbons (Fsp3) is 0.600. The average molecular weight is 290 g/mol. The number of nitrogens with zero attached hydrogens (tertiary/aromatic N) is 3. The van der Waals surface area contributed by atoms with Crippen molar-refractivity contribution in [2.45, 2.75) is 26.7 Å². The van der Waals surface area contributed by atoms with E-state index in [9.17, 15) is 0 Å². The molecule has 0 amide bonds. The molecule has 1 aliphatic heterocycles. The lowest BCUT2D eigenvalue weighted by Gasteiger charge is -2.24. The number of aromatic nitrogens is 2. The van der Waals surface area contributed by atoms with E-state index in [1.807, 2.05) is 7.05 Å². The Bertz CT molecular complexity index is 609. The first-order valence-electron chi connectivity index (χ1n) is 7.28. The fourth-order valence-electron chi connectivity index (χ4n) is 3.09. The molecular formula is C15H22N4S. The average Bonchev–Trinajstić information content (AvgIpc) is 3.02. The van der Waals surface area contributed by atoms with Crippen LogP contribution in [0, 0.1) is 5.41 Å². The molecule has 0 bridgehead atoms. The number of aryl methyl sites for hydroxylation is 1. The standard InChI is InChI=1S/C15H22N4S/c1-4-11-7-12-13(17-10-18-14(12)20-11)19-6-5-15(2,9-19)8-16-3/h7,10,16H,4-6,8-9H2,1-3H3. The monoisotopic (exact) mass is 290 g/mol. The summed E-state index contributed by atoms with van der Waals surface area (Å²) in [7, 11) is 2.03. The zero-order valence-electron chi connectivity index (χ0n) is 12.4. The topological polar surface area (TPSA) is 41.0 Å². The first kappa shape index (κ1) is 13.8. The molecule has 1 N–H and O–H groups in total. The van der Waals surface area contributed by atoms with E-state index < -0.39 is 0 Å². The molecule has 1 aliphatic rings. The second-order valence-corrected chi connectivity index (χ2v) is 7.11. The highest BCUT2D eigenvalue weighted by atomic mass is 32.1. The van der Waals surface area contributed by atoms with E-state index in [0.29, 0.717) is 5.41 Å². The van der Waals surface area contributed by atoms with E-state index in [0.717, 1.165) is 36.7 Å². The lowest BCUT2D eigenvalue weighted by Crippen LogP contribution is -2.33. The number of thiophene rings is 1. The van der Waals surface area contributed by atoms with Crippen LogP contribution in [0.25, 0.3) is 10.2 Å². The van der Waals surface area contributed by atoms with Gasteiger partial charge in [-0.2, -0.15) is 0 Å². The Hall–Kier alpha value is -1.20. The van der Waals surface area contributed by atoms with Gasteiger partial charge in [0.25, 0.3) is 0 Å². The van der Waals surface area contributed by atoms with Crippen LogP contribution in [0.1, 0.15) is 25.1 Å². The molecule has 108 valence electrons. The largest absolute Gasteiger partial charge is 0.355 e.